The van der Waals surface area contributed by atoms with Gasteiger partial charge in [-0.1, -0.05) is 37.6 Å². The molecule has 7 nitrogen and oxygen atoms in total. The Labute approximate surface area is 195 Å². The summed E-state index contributed by atoms with van der Waals surface area (Å²) >= 11 is 0. The lowest BCUT2D eigenvalue weighted by Crippen LogP contribution is -2.36. The van der Waals surface area contributed by atoms with Gasteiger partial charge in [0.25, 0.3) is 0 Å². The van der Waals surface area contributed by atoms with Crippen molar-refractivity contribution in [2.45, 2.75) is 59.0 Å². The summed E-state index contributed by atoms with van der Waals surface area (Å²) in [7, 11) is 0. The minimum atomic E-state index is 0. The number of nitrogens with one attached hydrogen (secondary N) is 3. The molecule has 0 aliphatic heterocycles. The van der Waals surface area contributed by atoms with Gasteiger partial charge in [0.1, 0.15) is 0 Å². The fourth-order valence-corrected chi connectivity index (χ4v) is 3.03. The highest BCUT2D eigenvalue weighted by atomic mass is 127. The molecule has 0 radical (unpaired) electrons. The van der Waals surface area contributed by atoms with Crippen molar-refractivity contribution >= 4 is 41.5 Å². The topological polar surface area (TPSA) is 91.5 Å². The largest absolute Gasteiger partial charge is 0.359 e. The van der Waals surface area contributed by atoms with Crippen LogP contribution in [-0.4, -0.2) is 23.6 Å². The highest BCUT2D eigenvalue weighted by Crippen LogP contribution is 2.27. The highest BCUT2D eigenvalue weighted by molar-refractivity contribution is 14.0. The molecule has 0 bridgehead atoms. The maximum atomic E-state index is 12.1. The number of carbonyl (C=O) groups excluding carboxylic acids is 1. The van der Waals surface area contributed by atoms with Crippen LogP contribution in [0.1, 0.15) is 63.0 Å². The number of carbonyl (C=O) groups is 1. The first-order valence-corrected chi connectivity index (χ1v) is 10.4. The van der Waals surface area contributed by atoms with E-state index in [2.05, 4.69) is 39.9 Å². The van der Waals surface area contributed by atoms with E-state index in [1.807, 2.05) is 37.3 Å². The van der Waals surface area contributed by atoms with E-state index >= 15 is 0 Å². The monoisotopic (exact) mass is 525 g/mol. The van der Waals surface area contributed by atoms with E-state index in [4.69, 9.17) is 4.52 Å². The minimum absolute atomic E-state index is 0. The predicted molar refractivity (Wildman–Crippen MR) is 130 cm³/mol. The molecule has 3 N–H and O–H groups in total. The number of benzene rings is 1. The van der Waals surface area contributed by atoms with Crippen molar-refractivity contribution in [3.63, 3.8) is 0 Å². The standard InChI is InChI=1S/C22H31N5O2.HI/c1-4-23-22(25-14-19-12-20(15(2)3)27-29-19)24-13-16-7-5-10-18(11-16)26-21(28)17-8-6-9-17;/h5,7,10-12,15,17H,4,6,8-9,13-14H2,1-3H3,(H,26,28)(H2,23,24,25);1H. The molecule has 8 heteroatoms. The number of hydrogen-bond acceptors (Lipinski definition) is 4. The zero-order valence-electron chi connectivity index (χ0n) is 17.9. The Bertz CT molecular complexity index is 846. The first-order chi connectivity index (χ1) is 14.0. The van der Waals surface area contributed by atoms with Crippen molar-refractivity contribution in [3.05, 3.63) is 47.3 Å². The molecular formula is C22H32IN5O2. The first kappa shape index (κ1) is 24.2. The number of anilines is 1. The molecule has 0 unspecified atom stereocenters. The average Bonchev–Trinajstić information content (AvgIpc) is 3.12. The Kier molecular flexibility index (Phi) is 9.61. The Hall–Kier alpha value is -2.10. The van der Waals surface area contributed by atoms with Gasteiger partial charge in [0, 0.05) is 24.2 Å². The van der Waals surface area contributed by atoms with Crippen molar-refractivity contribution in [2.24, 2.45) is 10.9 Å². The van der Waals surface area contributed by atoms with Crippen LogP contribution in [0.3, 0.4) is 0 Å². The molecule has 30 heavy (non-hydrogen) atoms. The smallest absolute Gasteiger partial charge is 0.227 e. The van der Waals surface area contributed by atoms with Gasteiger partial charge in [-0.05, 0) is 43.4 Å². The summed E-state index contributed by atoms with van der Waals surface area (Å²) in [6, 6.07) is 9.83. The third-order valence-corrected chi connectivity index (χ3v) is 5.03. The number of aromatic nitrogens is 1. The van der Waals surface area contributed by atoms with Crippen LogP contribution in [0.5, 0.6) is 0 Å². The number of amides is 1. The van der Waals surface area contributed by atoms with E-state index in [9.17, 15) is 4.79 Å². The highest BCUT2D eigenvalue weighted by Gasteiger charge is 2.25. The molecule has 1 fully saturated rings. The van der Waals surface area contributed by atoms with Gasteiger partial charge in [-0.25, -0.2) is 4.99 Å². The van der Waals surface area contributed by atoms with Crippen LogP contribution in [0.4, 0.5) is 5.69 Å². The van der Waals surface area contributed by atoms with Crippen LogP contribution in [0, 0.1) is 5.92 Å². The molecule has 1 heterocycles. The second-order valence-corrected chi connectivity index (χ2v) is 7.74. The van der Waals surface area contributed by atoms with Crippen LogP contribution >= 0.6 is 24.0 Å². The summed E-state index contributed by atoms with van der Waals surface area (Å²) in [5.41, 5.74) is 2.82. The maximum absolute atomic E-state index is 12.1. The molecule has 164 valence electrons. The van der Waals surface area contributed by atoms with Crippen molar-refractivity contribution < 1.29 is 9.32 Å². The van der Waals surface area contributed by atoms with Gasteiger partial charge in [-0.3, -0.25) is 4.79 Å². The van der Waals surface area contributed by atoms with Gasteiger partial charge in [-0.15, -0.1) is 24.0 Å². The zero-order chi connectivity index (χ0) is 20.6. The first-order valence-electron chi connectivity index (χ1n) is 10.4. The summed E-state index contributed by atoms with van der Waals surface area (Å²) in [6.07, 6.45) is 3.15. The number of halogens is 1. The molecule has 1 aliphatic rings. The third-order valence-electron chi connectivity index (χ3n) is 5.03. The number of aliphatic imine (C=N–C) groups is 1. The maximum Gasteiger partial charge on any atom is 0.227 e. The Morgan fingerprint density at radius 2 is 2.07 bits per heavy atom. The molecule has 2 aromatic rings. The van der Waals surface area contributed by atoms with Gasteiger partial charge in [0.05, 0.1) is 18.8 Å². The van der Waals surface area contributed by atoms with Gasteiger partial charge in [0.2, 0.25) is 5.91 Å². The number of guanidine groups is 1. The van der Waals surface area contributed by atoms with E-state index in [0.717, 1.165) is 48.5 Å². The van der Waals surface area contributed by atoms with Crippen molar-refractivity contribution in [1.29, 1.82) is 0 Å². The van der Waals surface area contributed by atoms with Crippen LogP contribution in [0.25, 0.3) is 0 Å². The van der Waals surface area contributed by atoms with Gasteiger partial charge in [-0.2, -0.15) is 0 Å². The Balaban J connectivity index is 0.00000320. The summed E-state index contributed by atoms with van der Waals surface area (Å²) in [4.78, 5) is 16.8. The van der Waals surface area contributed by atoms with E-state index in [0.29, 0.717) is 25.0 Å². The third kappa shape index (κ3) is 7.00. The van der Waals surface area contributed by atoms with E-state index < -0.39 is 0 Å². The van der Waals surface area contributed by atoms with Gasteiger partial charge in [0.15, 0.2) is 11.7 Å². The molecule has 1 amide bonds. The summed E-state index contributed by atoms with van der Waals surface area (Å²) < 4.78 is 5.37. The number of rotatable bonds is 8. The van der Waals surface area contributed by atoms with Crippen molar-refractivity contribution in [1.82, 2.24) is 15.8 Å². The molecule has 1 aromatic heterocycles. The number of hydrogen-bond donors (Lipinski definition) is 3. The molecule has 1 aromatic carbocycles. The minimum Gasteiger partial charge on any atom is -0.359 e. The molecular weight excluding hydrogens is 493 g/mol. The quantitative estimate of drug-likeness (QED) is 0.270. The second-order valence-electron chi connectivity index (χ2n) is 7.74. The fourth-order valence-electron chi connectivity index (χ4n) is 3.03. The number of nitrogens with zero attached hydrogens (tertiary/aromatic N) is 2. The Morgan fingerprint density at radius 1 is 1.27 bits per heavy atom. The second kappa shape index (κ2) is 11.9. The normalized spacial score (nSPS) is 14.1. The molecule has 1 aliphatic carbocycles. The van der Waals surface area contributed by atoms with E-state index in [1.54, 1.807) is 0 Å². The molecule has 3 rings (SSSR count). The van der Waals surface area contributed by atoms with Gasteiger partial charge >= 0.3 is 0 Å². The lowest BCUT2D eigenvalue weighted by molar-refractivity contribution is -0.122. The fraction of sp³-hybridized carbons (Fsp3) is 0.500. The van der Waals surface area contributed by atoms with Crippen molar-refractivity contribution in [3.8, 4) is 0 Å². The lowest BCUT2D eigenvalue weighted by Gasteiger charge is -2.24. The summed E-state index contributed by atoms with van der Waals surface area (Å²) in [6.45, 7) is 7.99. The molecule has 0 saturated heterocycles. The van der Waals surface area contributed by atoms with Crippen LogP contribution < -0.4 is 16.0 Å². The van der Waals surface area contributed by atoms with Crippen molar-refractivity contribution in [2.75, 3.05) is 11.9 Å². The summed E-state index contributed by atoms with van der Waals surface area (Å²) in [5.74, 6) is 2.12. The zero-order valence-corrected chi connectivity index (χ0v) is 20.2. The van der Waals surface area contributed by atoms with E-state index in [-0.39, 0.29) is 35.8 Å². The molecule has 0 spiro atoms. The van der Waals surface area contributed by atoms with Crippen LogP contribution in [0.15, 0.2) is 39.8 Å². The summed E-state index contributed by atoms with van der Waals surface area (Å²) in [5, 5.41) is 13.6. The van der Waals surface area contributed by atoms with Crippen LogP contribution in [0.2, 0.25) is 0 Å². The molecule has 0 atom stereocenters. The average molecular weight is 525 g/mol. The predicted octanol–water partition coefficient (Wildman–Crippen LogP) is 4.41. The molecule has 1 saturated carbocycles. The lowest BCUT2D eigenvalue weighted by atomic mass is 9.85. The van der Waals surface area contributed by atoms with Crippen LogP contribution in [-0.2, 0) is 17.9 Å². The Morgan fingerprint density at radius 3 is 2.70 bits per heavy atom. The van der Waals surface area contributed by atoms with E-state index in [1.165, 1.54) is 0 Å². The SMILES string of the molecule is CCNC(=NCc1cccc(NC(=O)C2CCC2)c1)NCc1cc(C(C)C)no1.I. The van der Waals surface area contributed by atoms with Gasteiger partial charge < -0.3 is 20.5 Å².